The van der Waals surface area contributed by atoms with E-state index in [-0.39, 0.29) is 15.6 Å². The molecule has 1 aliphatic heterocycles. The summed E-state index contributed by atoms with van der Waals surface area (Å²) in [4.78, 5) is -0.241. The number of nitrogens with zero attached hydrogens (tertiary/aromatic N) is 1. The highest BCUT2D eigenvalue weighted by atomic mass is 32.2. The molecule has 0 atom stereocenters. The van der Waals surface area contributed by atoms with Crippen molar-refractivity contribution in [3.05, 3.63) is 29.8 Å². The fraction of sp³-hybridized carbons (Fsp3) is 0.400. The van der Waals surface area contributed by atoms with Gasteiger partial charge in [-0.2, -0.15) is 13.2 Å². The highest BCUT2D eigenvalue weighted by molar-refractivity contribution is 7.89. The normalized spacial score (nSPS) is 20.6. The Labute approximate surface area is 96.9 Å². The van der Waals surface area contributed by atoms with E-state index in [9.17, 15) is 21.6 Å². The number of halogens is 3. The Bertz CT molecular complexity index is 525. The van der Waals surface area contributed by atoms with Gasteiger partial charge in [-0.3, -0.25) is 0 Å². The summed E-state index contributed by atoms with van der Waals surface area (Å²) in [5.41, 5.74) is 0.444. The van der Waals surface area contributed by atoms with Crippen molar-refractivity contribution >= 4 is 10.0 Å². The van der Waals surface area contributed by atoms with Crippen LogP contribution in [0.5, 0.6) is 0 Å². The van der Waals surface area contributed by atoms with E-state index in [2.05, 4.69) is 0 Å². The number of benzene rings is 1. The molecule has 94 valence electrons. The Hall–Kier alpha value is -1.08. The predicted molar refractivity (Wildman–Crippen MR) is 54.7 cm³/mol. The van der Waals surface area contributed by atoms with Gasteiger partial charge in [0.2, 0.25) is 10.0 Å². The molecule has 0 aliphatic carbocycles. The standard InChI is InChI=1S/C10H10F3NO2S/c11-10(12,13)14-7-3-5-8-4-1-2-6-9(8)17(14,15)16/h1-2,4,6H,3,5,7H2. The lowest BCUT2D eigenvalue weighted by Crippen LogP contribution is -2.42. The fourth-order valence-electron chi connectivity index (χ4n) is 1.88. The minimum absolute atomic E-state index is 0.162. The zero-order valence-corrected chi connectivity index (χ0v) is 9.55. The van der Waals surface area contributed by atoms with Crippen molar-refractivity contribution < 1.29 is 21.6 Å². The van der Waals surface area contributed by atoms with E-state index in [1.807, 2.05) is 0 Å². The second-order valence-corrected chi connectivity index (χ2v) is 5.59. The van der Waals surface area contributed by atoms with E-state index < -0.39 is 22.9 Å². The summed E-state index contributed by atoms with van der Waals surface area (Å²) >= 11 is 0. The number of alkyl halides is 3. The topological polar surface area (TPSA) is 37.4 Å². The minimum atomic E-state index is -4.86. The molecule has 0 bridgehead atoms. The average Bonchev–Trinajstić information content (AvgIpc) is 2.35. The van der Waals surface area contributed by atoms with Crippen LogP contribution >= 0.6 is 0 Å². The van der Waals surface area contributed by atoms with Crippen molar-refractivity contribution in [1.29, 1.82) is 0 Å². The summed E-state index contributed by atoms with van der Waals surface area (Å²) in [6.07, 6.45) is -4.37. The van der Waals surface area contributed by atoms with Gasteiger partial charge in [-0.1, -0.05) is 18.2 Å². The molecule has 7 heteroatoms. The monoisotopic (exact) mass is 265 g/mol. The molecule has 0 aromatic heterocycles. The van der Waals surface area contributed by atoms with Crippen molar-refractivity contribution in [3.63, 3.8) is 0 Å². The third-order valence-electron chi connectivity index (χ3n) is 2.63. The van der Waals surface area contributed by atoms with Crippen molar-refractivity contribution in [1.82, 2.24) is 4.31 Å². The van der Waals surface area contributed by atoms with Gasteiger partial charge in [-0.05, 0) is 24.5 Å². The van der Waals surface area contributed by atoms with Crippen molar-refractivity contribution in [2.75, 3.05) is 6.54 Å². The Kier molecular flexibility index (Phi) is 2.90. The van der Waals surface area contributed by atoms with Crippen molar-refractivity contribution in [2.45, 2.75) is 24.0 Å². The molecule has 0 radical (unpaired) electrons. The van der Waals surface area contributed by atoms with Gasteiger partial charge in [0.1, 0.15) is 0 Å². The number of aryl methyl sites for hydroxylation is 1. The first-order valence-electron chi connectivity index (χ1n) is 5.01. The highest BCUT2D eigenvalue weighted by Crippen LogP contribution is 2.33. The summed E-state index contributed by atoms with van der Waals surface area (Å²) in [6.45, 7) is -0.527. The van der Waals surface area contributed by atoms with E-state index in [4.69, 9.17) is 0 Å². The quantitative estimate of drug-likeness (QED) is 0.674. The SMILES string of the molecule is O=S1(=O)c2ccccc2CCCN1C(F)(F)F. The zero-order chi connectivity index (χ0) is 12.7. The van der Waals surface area contributed by atoms with Crippen LogP contribution in [0.15, 0.2) is 29.2 Å². The summed E-state index contributed by atoms with van der Waals surface area (Å²) in [5.74, 6) is 0. The molecule has 0 N–H and O–H groups in total. The Morgan fingerprint density at radius 3 is 2.47 bits per heavy atom. The second-order valence-electron chi connectivity index (χ2n) is 3.76. The maximum absolute atomic E-state index is 12.7. The molecule has 0 amide bonds. The lowest BCUT2D eigenvalue weighted by Gasteiger charge is -2.22. The molecule has 0 fully saturated rings. The van der Waals surface area contributed by atoms with Crippen LogP contribution in [0.4, 0.5) is 13.2 Å². The van der Waals surface area contributed by atoms with E-state index >= 15 is 0 Å². The van der Waals surface area contributed by atoms with Crippen molar-refractivity contribution in [3.8, 4) is 0 Å². The number of fused-ring (bicyclic) bond motifs is 1. The molecule has 1 aromatic carbocycles. The molecular weight excluding hydrogens is 255 g/mol. The lowest BCUT2D eigenvalue weighted by molar-refractivity contribution is -0.210. The maximum Gasteiger partial charge on any atom is 0.473 e. The third-order valence-corrected chi connectivity index (χ3v) is 4.55. The second kappa shape index (κ2) is 3.99. The van der Waals surface area contributed by atoms with Gasteiger partial charge in [0, 0.05) is 6.54 Å². The van der Waals surface area contributed by atoms with Crippen LogP contribution in [-0.4, -0.2) is 25.6 Å². The average molecular weight is 265 g/mol. The van der Waals surface area contributed by atoms with Gasteiger partial charge in [0.15, 0.2) is 0 Å². The van der Waals surface area contributed by atoms with E-state index in [0.717, 1.165) is 0 Å². The first-order valence-corrected chi connectivity index (χ1v) is 6.45. The highest BCUT2D eigenvalue weighted by Gasteiger charge is 2.47. The zero-order valence-electron chi connectivity index (χ0n) is 8.74. The minimum Gasteiger partial charge on any atom is -0.207 e. The predicted octanol–water partition coefficient (Wildman–Crippen LogP) is 2.14. The number of hydrogen-bond donors (Lipinski definition) is 0. The molecule has 1 aromatic rings. The molecule has 2 rings (SSSR count). The van der Waals surface area contributed by atoms with Crippen LogP contribution in [0.3, 0.4) is 0 Å². The first-order chi connectivity index (χ1) is 7.83. The lowest BCUT2D eigenvalue weighted by atomic mass is 10.1. The summed E-state index contributed by atoms with van der Waals surface area (Å²) in [7, 11) is -4.47. The molecule has 0 saturated carbocycles. The van der Waals surface area contributed by atoms with Gasteiger partial charge in [-0.15, -0.1) is 4.31 Å². The number of hydrogen-bond acceptors (Lipinski definition) is 2. The van der Waals surface area contributed by atoms with Crippen LogP contribution in [-0.2, 0) is 16.4 Å². The number of rotatable bonds is 0. The van der Waals surface area contributed by atoms with Crippen LogP contribution in [0, 0.1) is 0 Å². The molecular formula is C10H10F3NO2S. The molecule has 1 aliphatic rings. The molecule has 3 nitrogen and oxygen atoms in total. The number of sulfonamides is 1. The van der Waals surface area contributed by atoms with E-state index in [0.29, 0.717) is 12.0 Å². The maximum atomic E-state index is 12.7. The van der Waals surface area contributed by atoms with Gasteiger partial charge in [0.25, 0.3) is 0 Å². The molecule has 0 saturated heterocycles. The Balaban J connectivity index is 2.59. The largest absolute Gasteiger partial charge is 0.473 e. The van der Waals surface area contributed by atoms with Crippen LogP contribution < -0.4 is 0 Å². The molecule has 0 unspecified atom stereocenters. The van der Waals surface area contributed by atoms with Gasteiger partial charge in [0.05, 0.1) is 4.90 Å². The first kappa shape index (κ1) is 12.4. The molecule has 17 heavy (non-hydrogen) atoms. The van der Waals surface area contributed by atoms with Crippen molar-refractivity contribution in [2.24, 2.45) is 0 Å². The van der Waals surface area contributed by atoms with Gasteiger partial charge < -0.3 is 0 Å². The summed E-state index contributed by atoms with van der Waals surface area (Å²) < 4.78 is 61.3. The van der Waals surface area contributed by atoms with E-state index in [1.165, 1.54) is 12.1 Å². The molecule has 1 heterocycles. The summed E-state index contributed by atoms with van der Waals surface area (Å²) in [6, 6.07) is 5.81. The fourth-order valence-corrected chi connectivity index (χ4v) is 3.51. The van der Waals surface area contributed by atoms with Crippen LogP contribution in [0.25, 0.3) is 0 Å². The Morgan fingerprint density at radius 2 is 1.82 bits per heavy atom. The smallest absolute Gasteiger partial charge is 0.207 e. The summed E-state index contributed by atoms with van der Waals surface area (Å²) in [5, 5.41) is 0. The third kappa shape index (κ3) is 2.16. The molecule has 0 spiro atoms. The Morgan fingerprint density at radius 1 is 1.18 bits per heavy atom. The van der Waals surface area contributed by atoms with Gasteiger partial charge >= 0.3 is 6.30 Å². The van der Waals surface area contributed by atoms with E-state index in [1.54, 1.807) is 12.1 Å². The van der Waals surface area contributed by atoms with Gasteiger partial charge in [-0.25, -0.2) is 8.42 Å². The van der Waals surface area contributed by atoms with Crippen LogP contribution in [0.1, 0.15) is 12.0 Å². The van der Waals surface area contributed by atoms with Crippen LogP contribution in [0.2, 0.25) is 0 Å².